The van der Waals surface area contributed by atoms with Gasteiger partial charge in [0, 0.05) is 37.7 Å². The maximum atomic E-state index is 13.0. The lowest BCUT2D eigenvalue weighted by Gasteiger charge is -2.29. The number of hydrogen-bond acceptors (Lipinski definition) is 7. The highest BCUT2D eigenvalue weighted by molar-refractivity contribution is 6.05. The van der Waals surface area contributed by atoms with Crippen LogP contribution in [0, 0.1) is 0 Å². The number of nitrogens with zero attached hydrogens (tertiary/aromatic N) is 2. The highest BCUT2D eigenvalue weighted by Gasteiger charge is 2.47. The van der Waals surface area contributed by atoms with Crippen molar-refractivity contribution in [1.29, 1.82) is 0 Å². The van der Waals surface area contributed by atoms with Crippen LogP contribution in [0.1, 0.15) is 17.5 Å². The molecule has 1 atom stereocenters. The second kappa shape index (κ2) is 8.77. The van der Waals surface area contributed by atoms with E-state index in [1.54, 1.807) is 37.3 Å². The molecule has 178 valence electrons. The third-order valence-corrected chi connectivity index (χ3v) is 6.25. The molecule has 0 aliphatic carbocycles. The Hall–Kier alpha value is -3.95. The minimum Gasteiger partial charge on any atom is -0.493 e. The van der Waals surface area contributed by atoms with Crippen LogP contribution in [0.5, 0.6) is 23.0 Å². The van der Waals surface area contributed by atoms with Gasteiger partial charge in [-0.1, -0.05) is 0 Å². The number of hydrogen-bond donors (Lipinski definition) is 1. The molecule has 34 heavy (non-hydrogen) atoms. The summed E-state index contributed by atoms with van der Waals surface area (Å²) in [5.74, 6) is 1.76. The van der Waals surface area contributed by atoms with E-state index < -0.39 is 6.04 Å². The number of nitrogens with one attached hydrogen (secondary N) is 1. The summed E-state index contributed by atoms with van der Waals surface area (Å²) >= 11 is 0. The van der Waals surface area contributed by atoms with Crippen LogP contribution < -0.4 is 24.3 Å². The zero-order valence-electron chi connectivity index (χ0n) is 19.0. The SMILES string of the molecule is COc1cc2c(cc1OC)CN1C(=O)N(CCC(=O)Nc3ccc4c(c3)OCCO4)C(=O)[C@H]1C2. The molecule has 0 saturated carbocycles. The highest BCUT2D eigenvalue weighted by Crippen LogP contribution is 2.37. The lowest BCUT2D eigenvalue weighted by atomic mass is 9.94. The Morgan fingerprint density at radius 2 is 1.74 bits per heavy atom. The van der Waals surface area contributed by atoms with Gasteiger partial charge < -0.3 is 29.2 Å². The number of benzene rings is 2. The average molecular weight is 467 g/mol. The van der Waals surface area contributed by atoms with E-state index >= 15 is 0 Å². The van der Waals surface area contributed by atoms with Crippen LogP contribution in [0.3, 0.4) is 0 Å². The van der Waals surface area contributed by atoms with Crippen molar-refractivity contribution in [3.63, 3.8) is 0 Å². The summed E-state index contributed by atoms with van der Waals surface area (Å²) in [7, 11) is 3.11. The summed E-state index contributed by atoms with van der Waals surface area (Å²) in [6.45, 7) is 1.24. The van der Waals surface area contributed by atoms with Crippen LogP contribution in [-0.4, -0.2) is 67.7 Å². The number of fused-ring (bicyclic) bond motifs is 3. The van der Waals surface area contributed by atoms with E-state index in [9.17, 15) is 14.4 Å². The Balaban J connectivity index is 1.23. The number of ether oxygens (including phenoxy) is 4. The fraction of sp³-hybridized carbons (Fsp3) is 0.375. The van der Waals surface area contributed by atoms with Crippen molar-refractivity contribution in [3.8, 4) is 23.0 Å². The van der Waals surface area contributed by atoms with Gasteiger partial charge in [-0.2, -0.15) is 0 Å². The van der Waals surface area contributed by atoms with Gasteiger partial charge in [-0.25, -0.2) is 4.79 Å². The molecule has 1 N–H and O–H groups in total. The number of methoxy groups -OCH3 is 2. The molecule has 1 fully saturated rings. The molecule has 10 nitrogen and oxygen atoms in total. The van der Waals surface area contributed by atoms with Crippen molar-refractivity contribution in [3.05, 3.63) is 41.5 Å². The smallest absolute Gasteiger partial charge is 0.327 e. The van der Waals surface area contributed by atoms with Crippen molar-refractivity contribution in [2.75, 3.05) is 39.3 Å². The zero-order chi connectivity index (χ0) is 23.8. The molecule has 3 aliphatic heterocycles. The quantitative estimate of drug-likeness (QED) is 0.649. The van der Waals surface area contributed by atoms with E-state index in [0.717, 1.165) is 16.0 Å². The van der Waals surface area contributed by atoms with E-state index in [2.05, 4.69) is 5.32 Å². The van der Waals surface area contributed by atoms with Crippen molar-refractivity contribution in [1.82, 2.24) is 9.80 Å². The van der Waals surface area contributed by atoms with Crippen molar-refractivity contribution in [2.45, 2.75) is 25.4 Å². The Kier molecular flexibility index (Phi) is 5.64. The van der Waals surface area contributed by atoms with Gasteiger partial charge >= 0.3 is 6.03 Å². The summed E-state index contributed by atoms with van der Waals surface area (Å²) in [5, 5.41) is 2.78. The fourth-order valence-corrected chi connectivity index (χ4v) is 4.53. The fourth-order valence-electron chi connectivity index (χ4n) is 4.53. The summed E-state index contributed by atoms with van der Waals surface area (Å²) in [6, 6.07) is 7.87. The summed E-state index contributed by atoms with van der Waals surface area (Å²) < 4.78 is 21.7. The zero-order valence-corrected chi connectivity index (χ0v) is 19.0. The van der Waals surface area contributed by atoms with Crippen LogP contribution in [0.4, 0.5) is 10.5 Å². The Labute approximate surface area is 196 Å². The first-order valence-corrected chi connectivity index (χ1v) is 11.0. The van der Waals surface area contributed by atoms with Crippen LogP contribution in [0.15, 0.2) is 30.3 Å². The summed E-state index contributed by atoms with van der Waals surface area (Å²) in [5.41, 5.74) is 2.41. The molecular weight excluding hydrogens is 442 g/mol. The van der Waals surface area contributed by atoms with Crippen LogP contribution in [-0.2, 0) is 22.6 Å². The molecule has 5 rings (SSSR count). The minimum atomic E-state index is -0.584. The van der Waals surface area contributed by atoms with E-state index in [1.807, 2.05) is 12.1 Å². The van der Waals surface area contributed by atoms with Crippen LogP contribution in [0.2, 0.25) is 0 Å². The number of carbonyl (C=O) groups excluding carboxylic acids is 3. The van der Waals surface area contributed by atoms with Crippen LogP contribution in [0.25, 0.3) is 0 Å². The van der Waals surface area contributed by atoms with Gasteiger partial charge in [-0.15, -0.1) is 0 Å². The standard InChI is InChI=1S/C24H25N3O7/c1-31-19-10-14-9-17-23(29)26(24(30)27(17)13-15(14)11-20(19)32-2)6-5-22(28)25-16-3-4-18-21(12-16)34-8-7-33-18/h3-4,10-12,17H,5-9,13H2,1-2H3,(H,25,28)/t17-/m1/s1. The normalized spacial score (nSPS) is 18.4. The highest BCUT2D eigenvalue weighted by atomic mass is 16.6. The third kappa shape index (κ3) is 3.85. The lowest BCUT2D eigenvalue weighted by molar-refractivity contribution is -0.128. The Morgan fingerprint density at radius 3 is 2.47 bits per heavy atom. The van der Waals surface area contributed by atoms with E-state index in [4.69, 9.17) is 18.9 Å². The molecule has 0 aromatic heterocycles. The predicted octanol–water partition coefficient (Wildman–Crippen LogP) is 2.19. The largest absolute Gasteiger partial charge is 0.493 e. The van der Waals surface area contributed by atoms with Gasteiger partial charge in [0.1, 0.15) is 19.3 Å². The van der Waals surface area contributed by atoms with Crippen molar-refractivity contribution in [2.24, 2.45) is 0 Å². The van der Waals surface area contributed by atoms with Crippen molar-refractivity contribution < 1.29 is 33.3 Å². The first kappa shape index (κ1) is 21.9. The number of imide groups is 1. The van der Waals surface area contributed by atoms with Gasteiger partial charge in [-0.05, 0) is 35.4 Å². The molecule has 2 aromatic carbocycles. The molecule has 1 saturated heterocycles. The number of urea groups is 1. The molecule has 0 bridgehead atoms. The van der Waals surface area contributed by atoms with Gasteiger partial charge in [0.25, 0.3) is 5.91 Å². The van der Waals surface area contributed by atoms with Gasteiger partial charge in [0.15, 0.2) is 23.0 Å². The lowest BCUT2D eigenvalue weighted by Crippen LogP contribution is -2.40. The number of amides is 4. The number of carbonyl (C=O) groups is 3. The van der Waals surface area contributed by atoms with E-state index in [0.29, 0.717) is 54.9 Å². The Bertz CT molecular complexity index is 1110. The van der Waals surface area contributed by atoms with Gasteiger partial charge in [0.2, 0.25) is 5.91 Å². The molecule has 3 aliphatic rings. The monoisotopic (exact) mass is 467 g/mol. The topological polar surface area (TPSA) is 107 Å². The minimum absolute atomic E-state index is 0.00401. The molecule has 0 spiro atoms. The molecule has 3 heterocycles. The molecular formula is C24H25N3O7. The first-order valence-electron chi connectivity index (χ1n) is 11.0. The summed E-state index contributed by atoms with van der Waals surface area (Å²) in [6.07, 6.45) is 0.376. The summed E-state index contributed by atoms with van der Waals surface area (Å²) in [4.78, 5) is 41.2. The van der Waals surface area contributed by atoms with E-state index in [1.165, 1.54) is 0 Å². The second-order valence-electron chi connectivity index (χ2n) is 8.25. The molecule has 4 amide bonds. The first-order chi connectivity index (χ1) is 16.5. The number of anilines is 1. The van der Waals surface area contributed by atoms with Crippen molar-refractivity contribution >= 4 is 23.5 Å². The van der Waals surface area contributed by atoms with E-state index in [-0.39, 0.29) is 30.8 Å². The number of rotatable bonds is 6. The average Bonchev–Trinajstić information content (AvgIpc) is 3.08. The maximum Gasteiger partial charge on any atom is 0.327 e. The molecule has 0 unspecified atom stereocenters. The third-order valence-electron chi connectivity index (χ3n) is 6.25. The molecule has 10 heteroatoms. The van der Waals surface area contributed by atoms with Gasteiger partial charge in [-0.3, -0.25) is 14.5 Å². The Morgan fingerprint density at radius 1 is 1.03 bits per heavy atom. The maximum absolute atomic E-state index is 13.0. The predicted molar refractivity (Wildman–Crippen MR) is 120 cm³/mol. The second-order valence-corrected chi connectivity index (χ2v) is 8.25. The molecule has 2 aromatic rings. The van der Waals surface area contributed by atoms with Gasteiger partial charge in [0.05, 0.1) is 14.2 Å². The van der Waals surface area contributed by atoms with Crippen LogP contribution >= 0.6 is 0 Å². The molecule has 0 radical (unpaired) electrons.